The van der Waals surface area contributed by atoms with Gasteiger partial charge in [0.15, 0.2) is 11.9 Å². The van der Waals surface area contributed by atoms with Crippen molar-refractivity contribution in [2.45, 2.75) is 64.3 Å². The molecule has 0 fully saturated rings. The molecule has 0 aromatic rings. The predicted molar refractivity (Wildman–Crippen MR) is 90.7 cm³/mol. The lowest BCUT2D eigenvalue weighted by atomic mass is 10.1. The fourth-order valence-corrected chi connectivity index (χ4v) is 3.32. The summed E-state index contributed by atoms with van der Waals surface area (Å²) in [7, 11) is 0. The minimum Gasteiger partial charge on any atom is -0.255 e. The number of hydrogen-bond acceptors (Lipinski definition) is 5. The second-order valence-electron chi connectivity index (χ2n) is 5.19. The number of thioether (sulfide) groups is 1. The Balaban J connectivity index is 1.51. The first-order valence-electron chi connectivity index (χ1n) is 7.74. The molecule has 4 nitrogen and oxygen atoms in total. The Labute approximate surface area is 126 Å². The number of rotatable bonds is 9. The highest BCUT2D eigenvalue weighted by molar-refractivity contribution is 8.14. The number of aliphatic imine (C=N–C) groups is 4. The molecule has 0 aromatic heterocycles. The Morgan fingerprint density at radius 1 is 0.950 bits per heavy atom. The summed E-state index contributed by atoms with van der Waals surface area (Å²) in [5.41, 5.74) is 0. The SMILES string of the molecule is CCCCCCCCCCSC1=NC=NC2=NC=NC21. The number of amidine groups is 1. The Bertz CT molecular complexity index is 412. The first-order valence-corrected chi connectivity index (χ1v) is 8.72. The average molecular weight is 292 g/mol. The smallest absolute Gasteiger partial charge is 0.163 e. The number of fused-ring (bicyclic) bond motifs is 1. The first-order chi connectivity index (χ1) is 9.92. The van der Waals surface area contributed by atoms with Crippen molar-refractivity contribution in [2.24, 2.45) is 20.0 Å². The van der Waals surface area contributed by atoms with E-state index in [1.54, 1.807) is 12.7 Å². The molecule has 0 aromatic carbocycles. The minimum absolute atomic E-state index is 0.0148. The maximum atomic E-state index is 4.33. The van der Waals surface area contributed by atoms with Crippen LogP contribution in [-0.2, 0) is 0 Å². The maximum Gasteiger partial charge on any atom is 0.163 e. The molecular weight excluding hydrogens is 268 g/mol. The lowest BCUT2D eigenvalue weighted by Gasteiger charge is -2.13. The standard InChI is InChI=1S/C15H24N4S/c1-2-3-4-5-6-7-8-9-10-20-15-13-14(17-11-16-13)18-12-19-15/h11-13H,2-10H2,1H3. The van der Waals surface area contributed by atoms with E-state index in [-0.39, 0.29) is 6.04 Å². The quantitative estimate of drug-likeness (QED) is 0.590. The van der Waals surface area contributed by atoms with Gasteiger partial charge in [-0.05, 0) is 12.2 Å². The van der Waals surface area contributed by atoms with Crippen molar-refractivity contribution in [1.82, 2.24) is 0 Å². The summed E-state index contributed by atoms with van der Waals surface area (Å²) >= 11 is 1.81. The van der Waals surface area contributed by atoms with Gasteiger partial charge in [0.25, 0.3) is 0 Å². The molecule has 0 spiro atoms. The fraction of sp³-hybridized carbons (Fsp3) is 0.733. The van der Waals surface area contributed by atoms with Gasteiger partial charge in [-0.2, -0.15) is 0 Å². The van der Waals surface area contributed by atoms with Crippen molar-refractivity contribution in [2.75, 3.05) is 5.75 Å². The predicted octanol–water partition coefficient (Wildman–Crippen LogP) is 4.11. The molecule has 2 aliphatic rings. The van der Waals surface area contributed by atoms with Crippen LogP contribution < -0.4 is 0 Å². The van der Waals surface area contributed by atoms with Gasteiger partial charge in [-0.3, -0.25) is 4.99 Å². The van der Waals surface area contributed by atoms with Gasteiger partial charge in [-0.15, -0.1) is 11.8 Å². The zero-order valence-corrected chi connectivity index (χ0v) is 13.1. The van der Waals surface area contributed by atoms with Crippen LogP contribution in [0.4, 0.5) is 0 Å². The number of hydrogen-bond donors (Lipinski definition) is 0. The lowest BCUT2D eigenvalue weighted by molar-refractivity contribution is 0.586. The minimum atomic E-state index is -0.0148. The largest absolute Gasteiger partial charge is 0.255 e. The van der Waals surface area contributed by atoms with E-state index in [0.717, 1.165) is 16.6 Å². The highest BCUT2D eigenvalue weighted by Crippen LogP contribution is 2.19. The monoisotopic (exact) mass is 292 g/mol. The van der Waals surface area contributed by atoms with Gasteiger partial charge in [0.1, 0.15) is 17.7 Å². The lowest BCUT2D eigenvalue weighted by Crippen LogP contribution is -2.25. The summed E-state index contributed by atoms with van der Waals surface area (Å²) in [6.07, 6.45) is 14.1. The molecule has 1 atom stereocenters. The van der Waals surface area contributed by atoms with E-state index in [0.29, 0.717) is 0 Å². The topological polar surface area (TPSA) is 49.4 Å². The Hall–Kier alpha value is -0.970. The first kappa shape index (κ1) is 15.4. The summed E-state index contributed by atoms with van der Waals surface area (Å²) in [6.45, 7) is 2.26. The van der Waals surface area contributed by atoms with Crippen molar-refractivity contribution in [3.8, 4) is 0 Å². The van der Waals surface area contributed by atoms with Gasteiger partial charge in [0.2, 0.25) is 0 Å². The van der Waals surface area contributed by atoms with E-state index in [1.165, 1.54) is 51.4 Å². The van der Waals surface area contributed by atoms with Crippen molar-refractivity contribution >= 4 is 35.3 Å². The van der Waals surface area contributed by atoms with Crippen molar-refractivity contribution < 1.29 is 0 Å². The van der Waals surface area contributed by atoms with E-state index in [2.05, 4.69) is 26.9 Å². The Morgan fingerprint density at radius 3 is 2.50 bits per heavy atom. The second kappa shape index (κ2) is 9.06. The molecule has 0 bridgehead atoms. The van der Waals surface area contributed by atoms with Gasteiger partial charge in [0.05, 0.1) is 0 Å². The van der Waals surface area contributed by atoms with Gasteiger partial charge in [-0.25, -0.2) is 15.0 Å². The van der Waals surface area contributed by atoms with Crippen LogP contribution in [0.1, 0.15) is 58.3 Å². The molecule has 110 valence electrons. The zero-order valence-electron chi connectivity index (χ0n) is 12.3. The molecule has 1 unspecified atom stereocenters. The molecular formula is C15H24N4S. The summed E-state index contributed by atoms with van der Waals surface area (Å²) in [6, 6.07) is -0.0148. The van der Waals surface area contributed by atoms with Gasteiger partial charge < -0.3 is 0 Å². The van der Waals surface area contributed by atoms with Gasteiger partial charge in [-0.1, -0.05) is 51.9 Å². The summed E-state index contributed by atoms with van der Waals surface area (Å²) in [4.78, 5) is 16.9. The van der Waals surface area contributed by atoms with Crippen molar-refractivity contribution in [3.05, 3.63) is 0 Å². The molecule has 0 amide bonds. The van der Waals surface area contributed by atoms with Crippen molar-refractivity contribution in [1.29, 1.82) is 0 Å². The molecule has 5 heteroatoms. The normalized spacial score (nSPS) is 19.9. The highest BCUT2D eigenvalue weighted by atomic mass is 32.2. The molecule has 0 saturated carbocycles. The van der Waals surface area contributed by atoms with E-state index in [9.17, 15) is 0 Å². The van der Waals surface area contributed by atoms with Crippen LogP contribution in [0.2, 0.25) is 0 Å². The van der Waals surface area contributed by atoms with Gasteiger partial charge >= 0.3 is 0 Å². The van der Waals surface area contributed by atoms with Crippen LogP contribution in [0.15, 0.2) is 20.0 Å². The van der Waals surface area contributed by atoms with Crippen LogP contribution in [0, 0.1) is 0 Å². The van der Waals surface area contributed by atoms with E-state index >= 15 is 0 Å². The average Bonchev–Trinajstić information content (AvgIpc) is 2.95. The molecule has 0 saturated heterocycles. The van der Waals surface area contributed by atoms with Crippen LogP contribution in [-0.4, -0.2) is 35.4 Å². The van der Waals surface area contributed by atoms with Gasteiger partial charge in [0, 0.05) is 0 Å². The van der Waals surface area contributed by atoms with E-state index in [1.807, 2.05) is 11.8 Å². The molecule has 2 heterocycles. The maximum absolute atomic E-state index is 4.33. The van der Waals surface area contributed by atoms with Crippen LogP contribution in [0.25, 0.3) is 0 Å². The van der Waals surface area contributed by atoms with Crippen molar-refractivity contribution in [3.63, 3.8) is 0 Å². The number of unbranched alkanes of at least 4 members (excludes halogenated alkanes) is 7. The zero-order chi connectivity index (χ0) is 14.0. The summed E-state index contributed by atoms with van der Waals surface area (Å²) < 4.78 is 0. The molecule has 0 N–H and O–H groups in total. The van der Waals surface area contributed by atoms with Crippen LogP contribution >= 0.6 is 11.8 Å². The molecule has 2 rings (SSSR count). The van der Waals surface area contributed by atoms with E-state index in [4.69, 9.17) is 0 Å². The Morgan fingerprint density at radius 2 is 1.70 bits per heavy atom. The fourth-order valence-electron chi connectivity index (χ4n) is 2.32. The number of nitrogens with zero attached hydrogens (tertiary/aromatic N) is 4. The molecule has 20 heavy (non-hydrogen) atoms. The summed E-state index contributed by atoms with van der Waals surface area (Å²) in [5.74, 6) is 1.92. The third-order valence-corrected chi connectivity index (χ3v) is 4.62. The third-order valence-electron chi connectivity index (χ3n) is 3.51. The molecule has 0 aliphatic carbocycles. The van der Waals surface area contributed by atoms with Crippen LogP contribution in [0.3, 0.4) is 0 Å². The second-order valence-corrected chi connectivity index (χ2v) is 6.30. The Kier molecular flexibility index (Phi) is 6.98. The summed E-state index contributed by atoms with van der Waals surface area (Å²) in [5, 5.41) is 1.05. The highest BCUT2D eigenvalue weighted by Gasteiger charge is 2.25. The third kappa shape index (κ3) is 4.85. The molecule has 0 radical (unpaired) electrons. The van der Waals surface area contributed by atoms with E-state index < -0.39 is 0 Å². The van der Waals surface area contributed by atoms with Crippen LogP contribution in [0.5, 0.6) is 0 Å². The molecule has 2 aliphatic heterocycles.